The summed E-state index contributed by atoms with van der Waals surface area (Å²) in [6.45, 7) is 0. The maximum Gasteiger partial charge on any atom is 0.296 e. The molecule has 1 atom stereocenters. The molecule has 7 nitrogen and oxygen atoms in total. The third-order valence-corrected chi connectivity index (χ3v) is 4.36. The summed E-state index contributed by atoms with van der Waals surface area (Å²) in [7, 11) is 0. The Morgan fingerprint density at radius 1 is 1.15 bits per heavy atom. The van der Waals surface area contributed by atoms with Crippen LogP contribution in [0.1, 0.15) is 22.2 Å². The van der Waals surface area contributed by atoms with Crippen LogP contribution in [0.25, 0.3) is 0 Å². The lowest BCUT2D eigenvalue weighted by Gasteiger charge is -2.24. The molecule has 27 heavy (non-hydrogen) atoms. The number of benzene rings is 1. The van der Waals surface area contributed by atoms with E-state index in [0.29, 0.717) is 10.6 Å². The van der Waals surface area contributed by atoms with Gasteiger partial charge in [0.05, 0.1) is 17.9 Å². The maximum absolute atomic E-state index is 12.9. The van der Waals surface area contributed by atoms with E-state index in [2.05, 4.69) is 9.97 Å². The van der Waals surface area contributed by atoms with Crippen LogP contribution in [0.2, 0.25) is 5.02 Å². The summed E-state index contributed by atoms with van der Waals surface area (Å²) in [6.07, 6.45) is 4.27. The first-order valence-electron chi connectivity index (χ1n) is 7.95. The van der Waals surface area contributed by atoms with Crippen molar-refractivity contribution < 1.29 is 19.1 Å². The Morgan fingerprint density at radius 2 is 1.93 bits per heavy atom. The molecule has 3 aromatic rings. The predicted octanol–water partition coefficient (Wildman–Crippen LogP) is 3.51. The minimum atomic E-state index is -0.948. The first kappa shape index (κ1) is 17.0. The number of furan rings is 1. The van der Waals surface area contributed by atoms with Gasteiger partial charge >= 0.3 is 0 Å². The normalized spacial score (nSPS) is 16.9. The van der Waals surface area contributed by atoms with E-state index in [-0.39, 0.29) is 17.3 Å². The molecular weight excluding hydrogens is 370 g/mol. The van der Waals surface area contributed by atoms with Crippen LogP contribution in [0.5, 0.6) is 0 Å². The molecule has 134 valence electrons. The molecule has 1 aliphatic heterocycles. The summed E-state index contributed by atoms with van der Waals surface area (Å²) < 4.78 is 5.16. The Bertz CT molecular complexity index is 1050. The molecule has 2 aromatic heterocycles. The number of amides is 1. The largest absolute Gasteiger partial charge is 0.503 e. The fourth-order valence-electron chi connectivity index (χ4n) is 2.99. The molecule has 0 saturated heterocycles. The van der Waals surface area contributed by atoms with Crippen LogP contribution < -0.4 is 4.90 Å². The lowest BCUT2D eigenvalue weighted by atomic mass is 9.95. The van der Waals surface area contributed by atoms with Crippen molar-refractivity contribution in [1.82, 2.24) is 9.97 Å². The SMILES string of the molecule is O=C(C1=C(O)C(=O)N(c2ncccn2)[C@H]1c1cccc(Cl)c1)c1ccco1. The molecule has 1 amide bonds. The topological polar surface area (TPSA) is 96.5 Å². The zero-order chi connectivity index (χ0) is 19.0. The maximum atomic E-state index is 12.9. The Kier molecular flexibility index (Phi) is 4.21. The van der Waals surface area contributed by atoms with Crippen molar-refractivity contribution in [3.63, 3.8) is 0 Å². The van der Waals surface area contributed by atoms with E-state index in [1.165, 1.54) is 24.7 Å². The van der Waals surface area contributed by atoms with Crippen molar-refractivity contribution in [3.05, 3.63) is 88.8 Å². The summed E-state index contributed by atoms with van der Waals surface area (Å²) in [5.74, 6) is -1.99. The van der Waals surface area contributed by atoms with Crippen LogP contribution in [0.4, 0.5) is 5.95 Å². The lowest BCUT2D eigenvalue weighted by molar-refractivity contribution is -0.117. The van der Waals surface area contributed by atoms with Crippen molar-refractivity contribution in [1.29, 1.82) is 0 Å². The van der Waals surface area contributed by atoms with E-state index in [4.69, 9.17) is 16.0 Å². The number of hydrogen-bond donors (Lipinski definition) is 1. The molecule has 1 aromatic carbocycles. The fraction of sp³-hybridized carbons (Fsp3) is 0.0526. The number of hydrogen-bond acceptors (Lipinski definition) is 6. The number of aliphatic hydroxyl groups is 1. The number of rotatable bonds is 4. The standard InChI is InChI=1S/C19H12ClN3O4/c20-12-5-1-4-11(10-12)15-14(16(24)13-6-2-9-27-13)17(25)18(26)23(15)19-21-7-3-8-22-19/h1-10,15,25H/t15-/m0/s1. The van der Waals surface area contributed by atoms with Crippen molar-refractivity contribution in [2.45, 2.75) is 6.04 Å². The second-order valence-electron chi connectivity index (χ2n) is 5.75. The Balaban J connectivity index is 1.90. The van der Waals surface area contributed by atoms with E-state index in [1.54, 1.807) is 36.4 Å². The Hall–Kier alpha value is -3.45. The number of aromatic nitrogens is 2. The van der Waals surface area contributed by atoms with Gasteiger partial charge in [-0.2, -0.15) is 0 Å². The Morgan fingerprint density at radius 3 is 2.59 bits per heavy atom. The van der Waals surface area contributed by atoms with E-state index in [1.807, 2.05) is 0 Å². The van der Waals surface area contributed by atoms with Crippen molar-refractivity contribution >= 4 is 29.2 Å². The molecule has 0 aliphatic carbocycles. The Labute approximate surface area is 158 Å². The van der Waals surface area contributed by atoms with Crippen LogP contribution in [0.15, 0.2) is 76.9 Å². The quantitative estimate of drug-likeness (QED) is 0.695. The number of carbonyl (C=O) groups is 2. The minimum absolute atomic E-state index is 0.00667. The molecule has 1 N–H and O–H groups in total. The molecular formula is C19H12ClN3O4. The van der Waals surface area contributed by atoms with Gasteiger partial charge in [-0.25, -0.2) is 9.97 Å². The number of carbonyl (C=O) groups excluding carboxylic acids is 2. The van der Waals surface area contributed by atoms with Gasteiger partial charge < -0.3 is 9.52 Å². The van der Waals surface area contributed by atoms with Gasteiger partial charge in [0.15, 0.2) is 11.5 Å². The van der Waals surface area contributed by atoms with Gasteiger partial charge in [0.25, 0.3) is 5.91 Å². The average Bonchev–Trinajstić information content (AvgIpc) is 3.30. The molecule has 1 aliphatic rings. The van der Waals surface area contributed by atoms with Crippen molar-refractivity contribution in [2.75, 3.05) is 4.90 Å². The first-order chi connectivity index (χ1) is 13.1. The summed E-state index contributed by atoms with van der Waals surface area (Å²) in [5.41, 5.74) is 0.409. The van der Waals surface area contributed by atoms with Gasteiger partial charge in [0.2, 0.25) is 11.7 Å². The number of anilines is 1. The summed E-state index contributed by atoms with van der Waals surface area (Å²) >= 11 is 6.10. The molecule has 0 fully saturated rings. The van der Waals surface area contributed by atoms with Gasteiger partial charge in [-0.15, -0.1) is 0 Å². The van der Waals surface area contributed by atoms with E-state index in [9.17, 15) is 14.7 Å². The van der Waals surface area contributed by atoms with Gasteiger partial charge in [-0.3, -0.25) is 14.5 Å². The second kappa shape index (κ2) is 6.69. The highest BCUT2D eigenvalue weighted by Crippen LogP contribution is 2.41. The monoisotopic (exact) mass is 381 g/mol. The average molecular weight is 382 g/mol. The molecule has 0 saturated carbocycles. The van der Waals surface area contributed by atoms with E-state index >= 15 is 0 Å². The van der Waals surface area contributed by atoms with Crippen LogP contribution in [-0.4, -0.2) is 26.8 Å². The number of halogens is 1. The molecule has 0 spiro atoms. The van der Waals surface area contributed by atoms with Crippen LogP contribution in [0, 0.1) is 0 Å². The molecule has 4 rings (SSSR count). The van der Waals surface area contributed by atoms with Crippen LogP contribution in [0.3, 0.4) is 0 Å². The van der Waals surface area contributed by atoms with Gasteiger partial charge in [0, 0.05) is 17.4 Å². The molecule has 0 radical (unpaired) electrons. The van der Waals surface area contributed by atoms with E-state index < -0.39 is 23.5 Å². The van der Waals surface area contributed by atoms with Crippen molar-refractivity contribution in [2.24, 2.45) is 0 Å². The van der Waals surface area contributed by atoms with Crippen LogP contribution in [-0.2, 0) is 4.79 Å². The zero-order valence-corrected chi connectivity index (χ0v) is 14.5. The lowest BCUT2D eigenvalue weighted by Crippen LogP contribution is -2.32. The van der Waals surface area contributed by atoms with Gasteiger partial charge in [0.1, 0.15) is 0 Å². The molecule has 0 unspecified atom stereocenters. The third kappa shape index (κ3) is 2.88. The highest BCUT2D eigenvalue weighted by atomic mass is 35.5. The highest BCUT2D eigenvalue weighted by molar-refractivity contribution is 6.30. The molecule has 8 heteroatoms. The van der Waals surface area contributed by atoms with Crippen LogP contribution >= 0.6 is 11.6 Å². The summed E-state index contributed by atoms with van der Waals surface area (Å²) in [5, 5.41) is 10.9. The first-order valence-corrected chi connectivity index (χ1v) is 8.33. The smallest absolute Gasteiger partial charge is 0.296 e. The van der Waals surface area contributed by atoms with E-state index in [0.717, 1.165) is 4.90 Å². The zero-order valence-electron chi connectivity index (χ0n) is 13.7. The summed E-state index contributed by atoms with van der Waals surface area (Å²) in [4.78, 5) is 35.1. The number of Topliss-reactive ketones (excluding diaryl/α,β-unsaturated/α-hetero) is 1. The molecule has 3 heterocycles. The van der Waals surface area contributed by atoms with Crippen molar-refractivity contribution in [3.8, 4) is 0 Å². The highest BCUT2D eigenvalue weighted by Gasteiger charge is 2.46. The number of nitrogens with zero attached hydrogens (tertiary/aromatic N) is 3. The third-order valence-electron chi connectivity index (χ3n) is 4.13. The predicted molar refractivity (Wildman–Crippen MR) is 96.4 cm³/mol. The second-order valence-corrected chi connectivity index (χ2v) is 6.19. The molecule has 0 bridgehead atoms. The van der Waals surface area contributed by atoms with Gasteiger partial charge in [-0.1, -0.05) is 23.7 Å². The minimum Gasteiger partial charge on any atom is -0.503 e. The fourth-order valence-corrected chi connectivity index (χ4v) is 3.19. The number of aliphatic hydroxyl groups excluding tert-OH is 1. The number of ketones is 1. The van der Waals surface area contributed by atoms with Gasteiger partial charge in [-0.05, 0) is 35.9 Å². The summed E-state index contributed by atoms with van der Waals surface area (Å²) in [6, 6.07) is 10.3.